The molecular weight excluding hydrogens is 208 g/mol. The number of hydrogen-bond donors (Lipinski definition) is 2. The Labute approximate surface area is 93.3 Å². The van der Waals surface area contributed by atoms with Crippen LogP contribution in [0.1, 0.15) is 11.1 Å². The summed E-state index contributed by atoms with van der Waals surface area (Å²) in [6.07, 6.45) is 2.07. The van der Waals surface area contributed by atoms with E-state index in [4.69, 9.17) is 17.4 Å². The van der Waals surface area contributed by atoms with Crippen LogP contribution in [0.2, 0.25) is 0 Å². The number of hydrogen-bond acceptors (Lipinski definition) is 2. The molecule has 2 aromatic rings. The van der Waals surface area contributed by atoms with Crippen LogP contribution in [-0.4, -0.2) is 14.8 Å². The van der Waals surface area contributed by atoms with Crippen molar-refractivity contribution < 1.29 is 5.21 Å². The third kappa shape index (κ3) is 1.62. The van der Waals surface area contributed by atoms with Crippen LogP contribution >= 0.6 is 12.2 Å². The highest BCUT2D eigenvalue weighted by Gasteiger charge is 2.06. The smallest absolute Gasteiger partial charge is 0.130 e. The van der Waals surface area contributed by atoms with Crippen molar-refractivity contribution in [2.45, 2.75) is 6.92 Å². The highest BCUT2D eigenvalue weighted by atomic mass is 32.1. The number of benzene rings is 1. The number of fused-ring (bicyclic) bond motifs is 1. The predicted octanol–water partition coefficient (Wildman–Crippen LogP) is 2.14. The SMILES string of the molecule is Cc1cn(C)c2ccc(C(=S)NO)cc12. The highest BCUT2D eigenvalue weighted by Crippen LogP contribution is 2.21. The molecule has 0 aliphatic heterocycles. The summed E-state index contributed by atoms with van der Waals surface area (Å²) in [4.78, 5) is 0.347. The van der Waals surface area contributed by atoms with Gasteiger partial charge in [0.05, 0.1) is 0 Å². The van der Waals surface area contributed by atoms with E-state index in [2.05, 4.69) is 17.7 Å². The van der Waals surface area contributed by atoms with E-state index in [1.807, 2.05) is 30.7 Å². The van der Waals surface area contributed by atoms with Gasteiger partial charge in [-0.05, 0) is 30.7 Å². The number of rotatable bonds is 1. The molecule has 0 amide bonds. The molecule has 2 rings (SSSR count). The van der Waals surface area contributed by atoms with Gasteiger partial charge in [-0.15, -0.1) is 0 Å². The number of aryl methyl sites for hydroxylation is 2. The average molecular weight is 220 g/mol. The number of thiocarbonyl (C=S) groups is 1. The summed E-state index contributed by atoms with van der Waals surface area (Å²) in [5.74, 6) is 0. The van der Waals surface area contributed by atoms with Crippen molar-refractivity contribution >= 4 is 28.1 Å². The van der Waals surface area contributed by atoms with Crippen LogP contribution < -0.4 is 5.48 Å². The summed E-state index contributed by atoms with van der Waals surface area (Å²) in [7, 11) is 2.01. The molecule has 15 heavy (non-hydrogen) atoms. The van der Waals surface area contributed by atoms with Crippen LogP contribution in [0.25, 0.3) is 10.9 Å². The maximum absolute atomic E-state index is 8.74. The lowest BCUT2D eigenvalue weighted by atomic mass is 10.1. The van der Waals surface area contributed by atoms with Gasteiger partial charge in [0, 0.05) is 29.7 Å². The first-order valence-electron chi connectivity index (χ1n) is 4.63. The van der Waals surface area contributed by atoms with Crippen LogP contribution in [-0.2, 0) is 7.05 Å². The van der Waals surface area contributed by atoms with Crippen molar-refractivity contribution in [3.63, 3.8) is 0 Å². The molecule has 0 bridgehead atoms. The van der Waals surface area contributed by atoms with Crippen LogP contribution in [0.5, 0.6) is 0 Å². The predicted molar refractivity (Wildman–Crippen MR) is 64.3 cm³/mol. The molecule has 2 N–H and O–H groups in total. The highest BCUT2D eigenvalue weighted by molar-refractivity contribution is 7.80. The van der Waals surface area contributed by atoms with Gasteiger partial charge < -0.3 is 4.57 Å². The molecule has 78 valence electrons. The number of aromatic nitrogens is 1. The van der Waals surface area contributed by atoms with Gasteiger partial charge in [0.15, 0.2) is 0 Å². The van der Waals surface area contributed by atoms with Gasteiger partial charge in [0.1, 0.15) is 4.99 Å². The monoisotopic (exact) mass is 220 g/mol. The Morgan fingerprint density at radius 1 is 1.47 bits per heavy atom. The van der Waals surface area contributed by atoms with E-state index in [9.17, 15) is 0 Å². The van der Waals surface area contributed by atoms with E-state index in [0.29, 0.717) is 4.99 Å². The Morgan fingerprint density at radius 3 is 2.87 bits per heavy atom. The second kappa shape index (κ2) is 3.64. The number of nitrogens with one attached hydrogen (secondary N) is 1. The first kappa shape index (κ1) is 10.1. The van der Waals surface area contributed by atoms with Gasteiger partial charge in [0.2, 0.25) is 0 Å². The van der Waals surface area contributed by atoms with E-state index >= 15 is 0 Å². The molecule has 0 fully saturated rings. The van der Waals surface area contributed by atoms with Crippen LogP contribution in [0.15, 0.2) is 24.4 Å². The molecule has 3 nitrogen and oxygen atoms in total. The molecule has 4 heteroatoms. The number of hydroxylamine groups is 1. The van der Waals surface area contributed by atoms with Gasteiger partial charge in [0.25, 0.3) is 0 Å². The van der Waals surface area contributed by atoms with Gasteiger partial charge in [-0.3, -0.25) is 10.7 Å². The molecular formula is C11H12N2OS. The van der Waals surface area contributed by atoms with Crippen LogP contribution in [0.4, 0.5) is 0 Å². The topological polar surface area (TPSA) is 37.2 Å². The summed E-state index contributed by atoms with van der Waals surface area (Å²) in [5, 5.41) is 9.90. The lowest BCUT2D eigenvalue weighted by Gasteiger charge is -2.03. The lowest BCUT2D eigenvalue weighted by molar-refractivity contribution is 0.238. The van der Waals surface area contributed by atoms with E-state index in [1.54, 1.807) is 0 Å². The summed E-state index contributed by atoms with van der Waals surface area (Å²) in [5.41, 5.74) is 5.19. The van der Waals surface area contributed by atoms with E-state index in [-0.39, 0.29) is 0 Å². The van der Waals surface area contributed by atoms with Crippen molar-refractivity contribution in [2.75, 3.05) is 0 Å². The van der Waals surface area contributed by atoms with E-state index in [0.717, 1.165) is 16.5 Å². The Morgan fingerprint density at radius 2 is 2.20 bits per heavy atom. The molecule has 1 aromatic heterocycles. The quantitative estimate of drug-likeness (QED) is 0.571. The van der Waals surface area contributed by atoms with Gasteiger partial charge in [-0.1, -0.05) is 12.2 Å². The fraction of sp³-hybridized carbons (Fsp3) is 0.182. The minimum Gasteiger partial charge on any atom is -0.350 e. The zero-order valence-electron chi connectivity index (χ0n) is 8.61. The van der Waals surface area contributed by atoms with Crippen molar-refractivity contribution in [2.24, 2.45) is 7.05 Å². The van der Waals surface area contributed by atoms with Gasteiger partial charge >= 0.3 is 0 Å². The van der Waals surface area contributed by atoms with Crippen LogP contribution in [0, 0.1) is 6.92 Å². The molecule has 0 atom stereocenters. The zero-order valence-corrected chi connectivity index (χ0v) is 9.43. The first-order valence-corrected chi connectivity index (χ1v) is 5.04. The third-order valence-electron chi connectivity index (χ3n) is 2.55. The third-order valence-corrected chi connectivity index (χ3v) is 2.88. The van der Waals surface area contributed by atoms with Crippen molar-refractivity contribution in [3.05, 3.63) is 35.5 Å². The fourth-order valence-corrected chi connectivity index (χ4v) is 1.92. The van der Waals surface area contributed by atoms with E-state index < -0.39 is 0 Å². The molecule has 0 unspecified atom stereocenters. The van der Waals surface area contributed by atoms with Crippen molar-refractivity contribution in [3.8, 4) is 0 Å². The molecule has 1 aromatic carbocycles. The molecule has 0 saturated carbocycles. The minimum absolute atomic E-state index is 0.347. The second-order valence-corrected chi connectivity index (χ2v) is 4.00. The molecule has 0 aliphatic rings. The Hall–Kier alpha value is -1.39. The Bertz CT molecular complexity index is 531. The summed E-state index contributed by atoms with van der Waals surface area (Å²) < 4.78 is 2.07. The summed E-state index contributed by atoms with van der Waals surface area (Å²) in [6.45, 7) is 2.06. The molecule has 1 heterocycles. The molecule has 0 radical (unpaired) electrons. The van der Waals surface area contributed by atoms with Gasteiger partial charge in [-0.25, -0.2) is 0 Å². The van der Waals surface area contributed by atoms with E-state index in [1.165, 1.54) is 5.56 Å². The van der Waals surface area contributed by atoms with Crippen molar-refractivity contribution in [1.82, 2.24) is 10.0 Å². The Kier molecular flexibility index (Phi) is 2.46. The normalized spacial score (nSPS) is 10.6. The minimum atomic E-state index is 0.347. The molecule has 0 aliphatic carbocycles. The Balaban J connectivity index is 2.65. The maximum atomic E-state index is 8.74. The fourth-order valence-electron chi connectivity index (χ4n) is 1.79. The van der Waals surface area contributed by atoms with Gasteiger partial charge in [-0.2, -0.15) is 0 Å². The maximum Gasteiger partial charge on any atom is 0.130 e. The second-order valence-electron chi connectivity index (χ2n) is 3.60. The van der Waals surface area contributed by atoms with Crippen molar-refractivity contribution in [1.29, 1.82) is 0 Å². The average Bonchev–Trinajstić information content (AvgIpc) is 2.53. The lowest BCUT2D eigenvalue weighted by Crippen LogP contribution is -2.16. The summed E-state index contributed by atoms with van der Waals surface area (Å²) >= 11 is 4.97. The largest absolute Gasteiger partial charge is 0.350 e. The molecule has 0 spiro atoms. The summed E-state index contributed by atoms with van der Waals surface area (Å²) in [6, 6.07) is 5.88. The van der Waals surface area contributed by atoms with Crippen LogP contribution in [0.3, 0.4) is 0 Å². The zero-order chi connectivity index (χ0) is 11.0. The molecule has 0 saturated heterocycles. The standard InChI is InChI=1S/C11H12N2OS/c1-7-6-13(2)10-4-3-8(5-9(7)10)11(15)12-14/h3-6,14H,1-2H3,(H,12,15). The first-order chi connectivity index (χ1) is 7.13. The number of nitrogens with zero attached hydrogens (tertiary/aromatic N) is 1.